The average Bonchev–Trinajstić information content (AvgIpc) is 2.29. The molecule has 1 atom stereocenters. The summed E-state index contributed by atoms with van der Waals surface area (Å²) in [6.07, 6.45) is 5.51. The molecule has 0 N–H and O–H groups in total. The van der Waals surface area contributed by atoms with Gasteiger partial charge in [-0.2, -0.15) is 0 Å². The van der Waals surface area contributed by atoms with E-state index in [0.717, 1.165) is 51.6 Å². The number of nitrogens with zero attached hydrogens (tertiary/aromatic N) is 1. The van der Waals surface area contributed by atoms with E-state index in [9.17, 15) is 0 Å². The fourth-order valence-corrected chi connectivity index (χ4v) is 2.42. The highest BCUT2D eigenvalue weighted by atomic mass is 16.5. The number of morpholine rings is 1. The molecule has 0 saturated carbocycles. The van der Waals surface area contributed by atoms with Crippen molar-refractivity contribution in [3.8, 4) is 0 Å². The third kappa shape index (κ3) is 4.17. The Labute approximate surface area is 104 Å². The Bertz CT molecular complexity index is 303. The van der Waals surface area contributed by atoms with Crippen LogP contribution in [0.2, 0.25) is 0 Å². The molecule has 96 valence electrons. The molecule has 0 bridgehead atoms. The van der Waals surface area contributed by atoms with Gasteiger partial charge in [0.15, 0.2) is 0 Å². The molecule has 0 amide bonds. The van der Waals surface area contributed by atoms with Crippen LogP contribution < -0.4 is 0 Å². The lowest BCUT2D eigenvalue weighted by atomic mass is 9.97. The van der Waals surface area contributed by atoms with Gasteiger partial charge >= 0.3 is 0 Å². The molecule has 1 saturated heterocycles. The molecule has 3 nitrogen and oxygen atoms in total. The van der Waals surface area contributed by atoms with E-state index >= 15 is 0 Å². The summed E-state index contributed by atoms with van der Waals surface area (Å²) in [5, 5.41) is 0. The monoisotopic (exact) mass is 237 g/mol. The minimum Gasteiger partial charge on any atom is -0.497 e. The summed E-state index contributed by atoms with van der Waals surface area (Å²) < 4.78 is 11.2. The van der Waals surface area contributed by atoms with Crippen LogP contribution in [0.25, 0.3) is 0 Å². The predicted octanol–water partition coefficient (Wildman–Crippen LogP) is 2.21. The fraction of sp³-hybridized carbons (Fsp3) is 0.714. The normalized spacial score (nSPS) is 26.4. The van der Waals surface area contributed by atoms with E-state index in [1.807, 2.05) is 0 Å². The molecule has 1 fully saturated rings. The van der Waals surface area contributed by atoms with Crippen LogP contribution in [0.15, 0.2) is 23.5 Å². The Kier molecular flexibility index (Phi) is 4.63. The largest absolute Gasteiger partial charge is 0.497 e. The Hall–Kier alpha value is -0.800. The maximum Gasteiger partial charge on any atom is 0.100 e. The van der Waals surface area contributed by atoms with Crippen LogP contribution in [0.4, 0.5) is 0 Å². The van der Waals surface area contributed by atoms with Gasteiger partial charge in [-0.25, -0.2) is 0 Å². The molecule has 2 rings (SSSR count). The van der Waals surface area contributed by atoms with E-state index in [4.69, 9.17) is 9.47 Å². The van der Waals surface area contributed by atoms with Crippen molar-refractivity contribution in [2.45, 2.75) is 20.3 Å². The standard InChI is InChI=1S/C14H23NO2/c1-12-9-13(2)11-14(10-12)17-8-5-15-3-6-16-7-4-15/h9-10,13H,3-8,11H2,1-2H3. The lowest BCUT2D eigenvalue weighted by molar-refractivity contribution is 0.0268. The molecule has 1 unspecified atom stereocenters. The van der Waals surface area contributed by atoms with Crippen LogP contribution in [0, 0.1) is 5.92 Å². The maximum absolute atomic E-state index is 5.86. The number of hydrogen-bond acceptors (Lipinski definition) is 3. The molecule has 0 aromatic carbocycles. The van der Waals surface area contributed by atoms with Gasteiger partial charge in [0.05, 0.1) is 19.0 Å². The maximum atomic E-state index is 5.86. The Morgan fingerprint density at radius 2 is 2.18 bits per heavy atom. The first-order chi connectivity index (χ1) is 8.24. The quantitative estimate of drug-likeness (QED) is 0.748. The Morgan fingerprint density at radius 3 is 2.88 bits per heavy atom. The van der Waals surface area contributed by atoms with Crippen LogP contribution in [-0.2, 0) is 9.47 Å². The first-order valence-corrected chi connectivity index (χ1v) is 6.56. The zero-order valence-corrected chi connectivity index (χ0v) is 10.9. The summed E-state index contributed by atoms with van der Waals surface area (Å²) in [4.78, 5) is 2.40. The smallest absolute Gasteiger partial charge is 0.100 e. The highest BCUT2D eigenvalue weighted by Gasteiger charge is 2.12. The lowest BCUT2D eigenvalue weighted by Crippen LogP contribution is -2.38. The molecule has 1 aliphatic heterocycles. The molecule has 3 heteroatoms. The van der Waals surface area contributed by atoms with Crippen molar-refractivity contribution in [1.82, 2.24) is 4.90 Å². The van der Waals surface area contributed by atoms with Gasteiger partial charge in [-0.1, -0.05) is 18.6 Å². The van der Waals surface area contributed by atoms with Crippen molar-refractivity contribution in [1.29, 1.82) is 0 Å². The first kappa shape index (κ1) is 12.7. The summed E-state index contributed by atoms with van der Waals surface area (Å²) in [5.41, 5.74) is 1.32. The van der Waals surface area contributed by atoms with Gasteiger partial charge in [0.2, 0.25) is 0 Å². The molecule has 1 aliphatic carbocycles. The number of hydrogen-bond donors (Lipinski definition) is 0. The van der Waals surface area contributed by atoms with Crippen LogP contribution in [0.5, 0.6) is 0 Å². The van der Waals surface area contributed by atoms with Crippen molar-refractivity contribution in [2.75, 3.05) is 39.5 Å². The Balaban J connectivity index is 1.69. The number of ether oxygens (including phenoxy) is 2. The van der Waals surface area contributed by atoms with E-state index < -0.39 is 0 Å². The van der Waals surface area contributed by atoms with E-state index in [2.05, 4.69) is 30.9 Å². The van der Waals surface area contributed by atoms with Crippen molar-refractivity contribution >= 4 is 0 Å². The predicted molar refractivity (Wildman–Crippen MR) is 68.8 cm³/mol. The number of rotatable bonds is 4. The second-order valence-corrected chi connectivity index (χ2v) is 5.01. The van der Waals surface area contributed by atoms with E-state index in [-0.39, 0.29) is 0 Å². The SMILES string of the molecule is CC1=CC(C)CC(OCCN2CCOCC2)=C1. The summed E-state index contributed by atoms with van der Waals surface area (Å²) in [6, 6.07) is 0. The molecular weight excluding hydrogens is 214 g/mol. The zero-order valence-electron chi connectivity index (χ0n) is 10.9. The van der Waals surface area contributed by atoms with E-state index in [1.165, 1.54) is 5.57 Å². The molecule has 1 heterocycles. The Morgan fingerprint density at radius 1 is 1.41 bits per heavy atom. The van der Waals surface area contributed by atoms with E-state index in [1.54, 1.807) is 0 Å². The topological polar surface area (TPSA) is 21.7 Å². The molecule has 0 aromatic rings. The van der Waals surface area contributed by atoms with Gasteiger partial charge in [0.25, 0.3) is 0 Å². The lowest BCUT2D eigenvalue weighted by Gasteiger charge is -2.27. The molecule has 2 aliphatic rings. The number of allylic oxidation sites excluding steroid dienone is 4. The van der Waals surface area contributed by atoms with Crippen LogP contribution in [-0.4, -0.2) is 44.4 Å². The second-order valence-electron chi connectivity index (χ2n) is 5.01. The van der Waals surface area contributed by atoms with Crippen LogP contribution in [0.1, 0.15) is 20.3 Å². The molecular formula is C14H23NO2. The second kappa shape index (κ2) is 6.22. The third-order valence-electron chi connectivity index (χ3n) is 3.26. The van der Waals surface area contributed by atoms with Gasteiger partial charge in [-0.3, -0.25) is 4.90 Å². The minimum absolute atomic E-state index is 0.610. The van der Waals surface area contributed by atoms with E-state index in [0.29, 0.717) is 5.92 Å². The summed E-state index contributed by atoms with van der Waals surface area (Å²) in [6.45, 7) is 9.99. The summed E-state index contributed by atoms with van der Waals surface area (Å²) >= 11 is 0. The zero-order chi connectivity index (χ0) is 12.1. The summed E-state index contributed by atoms with van der Waals surface area (Å²) in [5.74, 6) is 1.75. The molecule has 0 radical (unpaired) electrons. The molecule has 17 heavy (non-hydrogen) atoms. The van der Waals surface area contributed by atoms with Crippen LogP contribution in [0.3, 0.4) is 0 Å². The van der Waals surface area contributed by atoms with Gasteiger partial charge in [-0.15, -0.1) is 0 Å². The van der Waals surface area contributed by atoms with Gasteiger partial charge < -0.3 is 9.47 Å². The summed E-state index contributed by atoms with van der Waals surface area (Å²) in [7, 11) is 0. The minimum atomic E-state index is 0.610. The van der Waals surface area contributed by atoms with Gasteiger partial charge in [0, 0.05) is 26.1 Å². The van der Waals surface area contributed by atoms with Gasteiger partial charge in [-0.05, 0) is 18.9 Å². The highest BCUT2D eigenvalue weighted by Crippen LogP contribution is 2.22. The van der Waals surface area contributed by atoms with Crippen molar-refractivity contribution in [3.05, 3.63) is 23.5 Å². The van der Waals surface area contributed by atoms with Crippen LogP contribution >= 0.6 is 0 Å². The van der Waals surface area contributed by atoms with Gasteiger partial charge in [0.1, 0.15) is 6.61 Å². The fourth-order valence-electron chi connectivity index (χ4n) is 2.42. The molecule has 0 spiro atoms. The first-order valence-electron chi connectivity index (χ1n) is 6.56. The van der Waals surface area contributed by atoms with Crippen molar-refractivity contribution in [3.63, 3.8) is 0 Å². The van der Waals surface area contributed by atoms with Crippen molar-refractivity contribution < 1.29 is 9.47 Å². The van der Waals surface area contributed by atoms with Crippen molar-refractivity contribution in [2.24, 2.45) is 5.92 Å². The highest BCUT2D eigenvalue weighted by molar-refractivity contribution is 5.24. The average molecular weight is 237 g/mol. The third-order valence-corrected chi connectivity index (χ3v) is 3.26. The molecule has 0 aromatic heterocycles.